The van der Waals surface area contributed by atoms with Gasteiger partial charge < -0.3 is 4.90 Å². The summed E-state index contributed by atoms with van der Waals surface area (Å²) in [7, 11) is -0.760. The van der Waals surface area contributed by atoms with E-state index in [-0.39, 0.29) is 5.25 Å². The van der Waals surface area contributed by atoms with Crippen LogP contribution in [0.3, 0.4) is 0 Å². The number of hydrogen-bond acceptors (Lipinski definition) is 2. The molecule has 0 aliphatic carbocycles. The number of rotatable bonds is 3. The van der Waals surface area contributed by atoms with Gasteiger partial charge in [-0.1, -0.05) is 0 Å². The molecule has 1 aliphatic rings. The van der Waals surface area contributed by atoms with Crippen molar-refractivity contribution < 1.29 is 4.21 Å². The highest BCUT2D eigenvalue weighted by Crippen LogP contribution is 2.11. The Balaban J connectivity index is 2.40. The van der Waals surface area contributed by atoms with Crippen LogP contribution in [0.4, 0.5) is 0 Å². The molecule has 0 aromatic rings. The van der Waals surface area contributed by atoms with Crippen LogP contribution < -0.4 is 0 Å². The van der Waals surface area contributed by atoms with Crippen molar-refractivity contribution >= 4 is 16.6 Å². The van der Waals surface area contributed by atoms with E-state index in [0.717, 1.165) is 25.9 Å². The van der Waals surface area contributed by atoms with Crippen LogP contribution in [0.2, 0.25) is 0 Å². The third-order valence-electron chi connectivity index (χ3n) is 2.27. The lowest BCUT2D eigenvalue weighted by Gasteiger charge is -2.20. The number of likely N-dealkylation sites (tertiary alicyclic amines) is 1. The Morgan fingerprint density at radius 2 is 2.42 bits per heavy atom. The zero-order valence-corrected chi connectivity index (χ0v) is 8.49. The maximum absolute atomic E-state index is 11.1. The second-order valence-electron chi connectivity index (χ2n) is 3.31. The minimum atomic E-state index is -0.760. The summed E-state index contributed by atoms with van der Waals surface area (Å²) in [6.45, 7) is 3.73. The zero-order valence-electron chi connectivity index (χ0n) is 7.67. The molecule has 1 heterocycles. The molecule has 0 spiro atoms. The number of hydrogen-bond donors (Lipinski definition) is 1. The van der Waals surface area contributed by atoms with Crippen LogP contribution in [-0.4, -0.2) is 39.5 Å². The SMILES string of the molecule is CC(CN1CCCC1=N)S(C)=O. The van der Waals surface area contributed by atoms with Crippen LogP contribution in [0.15, 0.2) is 0 Å². The van der Waals surface area contributed by atoms with Gasteiger partial charge in [-0.05, 0) is 13.3 Å². The van der Waals surface area contributed by atoms with Crippen molar-refractivity contribution in [1.29, 1.82) is 5.41 Å². The zero-order chi connectivity index (χ0) is 9.14. The van der Waals surface area contributed by atoms with E-state index in [1.54, 1.807) is 6.26 Å². The van der Waals surface area contributed by atoms with Gasteiger partial charge in [0.25, 0.3) is 0 Å². The van der Waals surface area contributed by atoms with Gasteiger partial charge >= 0.3 is 0 Å². The van der Waals surface area contributed by atoms with E-state index in [0.29, 0.717) is 5.84 Å². The van der Waals surface area contributed by atoms with Crippen LogP contribution in [0, 0.1) is 5.41 Å². The predicted molar refractivity (Wildman–Crippen MR) is 52.1 cm³/mol. The number of amidine groups is 1. The fraction of sp³-hybridized carbons (Fsp3) is 0.875. The third-order valence-corrected chi connectivity index (χ3v) is 3.55. The van der Waals surface area contributed by atoms with Gasteiger partial charge in [0.2, 0.25) is 0 Å². The molecule has 1 rings (SSSR count). The molecule has 12 heavy (non-hydrogen) atoms. The van der Waals surface area contributed by atoms with Crippen LogP contribution >= 0.6 is 0 Å². The fourth-order valence-electron chi connectivity index (χ4n) is 1.35. The molecular formula is C8H16N2OS. The van der Waals surface area contributed by atoms with Crippen molar-refractivity contribution in [1.82, 2.24) is 4.90 Å². The molecule has 0 radical (unpaired) electrons. The van der Waals surface area contributed by atoms with Gasteiger partial charge in [0.05, 0.1) is 5.84 Å². The maximum atomic E-state index is 11.1. The molecule has 2 unspecified atom stereocenters. The molecule has 0 saturated carbocycles. The summed E-state index contributed by atoms with van der Waals surface area (Å²) in [5.74, 6) is 0.715. The van der Waals surface area contributed by atoms with Crippen molar-refractivity contribution in [3.63, 3.8) is 0 Å². The highest BCUT2D eigenvalue weighted by atomic mass is 32.2. The van der Waals surface area contributed by atoms with Crippen LogP contribution in [-0.2, 0) is 10.8 Å². The molecule has 1 N–H and O–H groups in total. The Morgan fingerprint density at radius 1 is 1.75 bits per heavy atom. The molecule has 2 atom stereocenters. The van der Waals surface area contributed by atoms with Crippen LogP contribution in [0.1, 0.15) is 19.8 Å². The Morgan fingerprint density at radius 3 is 2.83 bits per heavy atom. The highest BCUT2D eigenvalue weighted by Gasteiger charge is 2.19. The second kappa shape index (κ2) is 4.03. The van der Waals surface area contributed by atoms with Gasteiger partial charge in [0.1, 0.15) is 0 Å². The van der Waals surface area contributed by atoms with E-state index in [4.69, 9.17) is 5.41 Å². The molecule has 0 aromatic carbocycles. The van der Waals surface area contributed by atoms with Crippen LogP contribution in [0.25, 0.3) is 0 Å². The summed E-state index contributed by atoms with van der Waals surface area (Å²) >= 11 is 0. The minimum Gasteiger partial charge on any atom is -0.359 e. The molecule has 70 valence electrons. The molecule has 1 saturated heterocycles. The molecule has 3 nitrogen and oxygen atoms in total. The Bertz CT molecular complexity index is 205. The lowest BCUT2D eigenvalue weighted by atomic mass is 10.4. The Hall–Kier alpha value is -0.380. The predicted octanol–water partition coefficient (Wildman–Crippen LogP) is 0.826. The summed E-state index contributed by atoms with van der Waals surface area (Å²) < 4.78 is 11.1. The summed E-state index contributed by atoms with van der Waals surface area (Å²) in [6.07, 6.45) is 3.70. The van der Waals surface area contributed by atoms with Gasteiger partial charge in [-0.25, -0.2) is 0 Å². The lowest BCUT2D eigenvalue weighted by molar-refractivity contribution is 0.451. The monoisotopic (exact) mass is 188 g/mol. The van der Waals surface area contributed by atoms with Crippen molar-refractivity contribution in [2.24, 2.45) is 0 Å². The van der Waals surface area contributed by atoms with E-state index in [1.165, 1.54) is 0 Å². The smallest absolute Gasteiger partial charge is 0.0958 e. The maximum Gasteiger partial charge on any atom is 0.0958 e. The summed E-state index contributed by atoms with van der Waals surface area (Å²) in [5.41, 5.74) is 0. The topological polar surface area (TPSA) is 44.2 Å². The number of nitrogens with one attached hydrogen (secondary N) is 1. The molecule has 4 heteroatoms. The van der Waals surface area contributed by atoms with E-state index in [1.807, 2.05) is 11.8 Å². The molecular weight excluding hydrogens is 172 g/mol. The first-order valence-electron chi connectivity index (χ1n) is 4.26. The van der Waals surface area contributed by atoms with E-state index in [2.05, 4.69) is 0 Å². The molecule has 0 amide bonds. The molecule has 0 aromatic heterocycles. The summed E-state index contributed by atoms with van der Waals surface area (Å²) in [6, 6.07) is 0. The molecule has 1 fully saturated rings. The summed E-state index contributed by atoms with van der Waals surface area (Å²) in [5, 5.41) is 7.75. The average molecular weight is 188 g/mol. The quantitative estimate of drug-likeness (QED) is 0.713. The minimum absolute atomic E-state index is 0.184. The Labute approximate surface area is 76.1 Å². The van der Waals surface area contributed by atoms with Gasteiger partial charge in [0, 0.05) is 41.8 Å². The van der Waals surface area contributed by atoms with Crippen molar-refractivity contribution in [2.75, 3.05) is 19.3 Å². The van der Waals surface area contributed by atoms with Gasteiger partial charge in [-0.15, -0.1) is 0 Å². The fourth-order valence-corrected chi connectivity index (χ4v) is 1.74. The summed E-state index contributed by atoms with van der Waals surface area (Å²) in [4.78, 5) is 2.03. The van der Waals surface area contributed by atoms with Crippen LogP contribution in [0.5, 0.6) is 0 Å². The van der Waals surface area contributed by atoms with E-state index < -0.39 is 10.8 Å². The Kier molecular flexibility index (Phi) is 3.26. The lowest BCUT2D eigenvalue weighted by Crippen LogP contribution is -2.33. The van der Waals surface area contributed by atoms with Gasteiger partial charge in [-0.2, -0.15) is 0 Å². The average Bonchev–Trinajstić information content (AvgIpc) is 2.36. The van der Waals surface area contributed by atoms with Gasteiger partial charge in [0.15, 0.2) is 0 Å². The van der Waals surface area contributed by atoms with E-state index in [9.17, 15) is 4.21 Å². The standard InChI is InChI=1S/C8H16N2OS/c1-7(12(2)11)6-10-5-3-4-8(10)9/h7,9H,3-6H2,1-2H3. The highest BCUT2D eigenvalue weighted by molar-refractivity contribution is 7.84. The first-order chi connectivity index (χ1) is 5.61. The molecule has 0 bridgehead atoms. The van der Waals surface area contributed by atoms with Crippen molar-refractivity contribution in [3.05, 3.63) is 0 Å². The second-order valence-corrected chi connectivity index (χ2v) is 5.11. The largest absolute Gasteiger partial charge is 0.359 e. The normalized spacial score (nSPS) is 22.8. The van der Waals surface area contributed by atoms with Gasteiger partial charge in [-0.3, -0.25) is 9.62 Å². The first kappa shape index (κ1) is 9.71. The molecule has 1 aliphatic heterocycles. The van der Waals surface area contributed by atoms with Crippen molar-refractivity contribution in [2.45, 2.75) is 25.0 Å². The third kappa shape index (κ3) is 2.30. The first-order valence-corrected chi connectivity index (χ1v) is 5.88. The van der Waals surface area contributed by atoms with E-state index >= 15 is 0 Å². The number of nitrogens with zero attached hydrogens (tertiary/aromatic N) is 1. The van der Waals surface area contributed by atoms with Crippen molar-refractivity contribution in [3.8, 4) is 0 Å².